The normalized spacial score (nSPS) is 18.0. The number of ether oxygens (including phenoxy) is 1. The molecule has 110 valence electrons. The van der Waals surface area contributed by atoms with E-state index >= 15 is 0 Å². The molecule has 0 aliphatic carbocycles. The summed E-state index contributed by atoms with van der Waals surface area (Å²) in [5.74, 6) is 2.06. The van der Waals surface area contributed by atoms with Crippen LogP contribution in [-0.4, -0.2) is 39.6 Å². The summed E-state index contributed by atoms with van der Waals surface area (Å²) in [5, 5.41) is 0. The quantitative estimate of drug-likeness (QED) is 0.853. The molecule has 1 aliphatic heterocycles. The van der Waals surface area contributed by atoms with Gasteiger partial charge in [0.05, 0.1) is 24.2 Å². The van der Waals surface area contributed by atoms with Crippen LogP contribution in [0.15, 0.2) is 24.8 Å². The largest absolute Gasteiger partial charge is 0.476 e. The molecule has 1 fully saturated rings. The predicted molar refractivity (Wildman–Crippen MR) is 79.4 cm³/mol. The van der Waals surface area contributed by atoms with Gasteiger partial charge in [0.2, 0.25) is 5.88 Å². The van der Waals surface area contributed by atoms with E-state index in [1.165, 1.54) is 0 Å². The van der Waals surface area contributed by atoms with Crippen LogP contribution in [0.2, 0.25) is 0 Å². The van der Waals surface area contributed by atoms with Crippen LogP contribution in [0.4, 0.5) is 5.82 Å². The highest BCUT2D eigenvalue weighted by atomic mass is 16.5. The predicted octanol–water partition coefficient (Wildman–Crippen LogP) is 1.79. The molecule has 3 heterocycles. The van der Waals surface area contributed by atoms with Gasteiger partial charge in [0, 0.05) is 37.6 Å². The molecule has 6 nitrogen and oxygen atoms in total. The zero-order chi connectivity index (χ0) is 14.7. The summed E-state index contributed by atoms with van der Waals surface area (Å²) >= 11 is 0. The van der Waals surface area contributed by atoms with Crippen LogP contribution < -0.4 is 9.64 Å². The number of hydrogen-bond acceptors (Lipinski definition) is 6. The molecule has 1 atom stereocenters. The van der Waals surface area contributed by atoms with Crippen molar-refractivity contribution in [2.75, 3.05) is 24.6 Å². The Hall–Kier alpha value is -2.24. The summed E-state index contributed by atoms with van der Waals surface area (Å²) in [4.78, 5) is 19.4. The van der Waals surface area contributed by atoms with Gasteiger partial charge < -0.3 is 9.64 Å². The lowest BCUT2D eigenvalue weighted by Gasteiger charge is -2.19. The smallest absolute Gasteiger partial charge is 0.232 e. The Bertz CT molecular complexity index is 604. The second-order valence-corrected chi connectivity index (χ2v) is 5.38. The second-order valence-electron chi connectivity index (χ2n) is 5.38. The molecule has 2 aromatic rings. The number of anilines is 1. The lowest BCUT2D eigenvalue weighted by atomic mass is 10.1. The maximum absolute atomic E-state index is 5.69. The molecule has 0 N–H and O–H groups in total. The zero-order valence-electron chi connectivity index (χ0n) is 12.4. The lowest BCUT2D eigenvalue weighted by Crippen LogP contribution is -2.24. The van der Waals surface area contributed by atoms with E-state index in [-0.39, 0.29) is 0 Å². The summed E-state index contributed by atoms with van der Waals surface area (Å²) in [6, 6.07) is 0. The van der Waals surface area contributed by atoms with E-state index < -0.39 is 0 Å². The first-order valence-corrected chi connectivity index (χ1v) is 7.16. The maximum atomic E-state index is 5.69. The molecule has 0 spiro atoms. The first-order chi connectivity index (χ1) is 10.2. The molecule has 0 amide bonds. The number of nitrogens with zero attached hydrogens (tertiary/aromatic N) is 5. The average Bonchev–Trinajstić information content (AvgIpc) is 2.97. The van der Waals surface area contributed by atoms with Crippen molar-refractivity contribution in [2.24, 2.45) is 5.92 Å². The van der Waals surface area contributed by atoms with E-state index in [0.717, 1.165) is 36.7 Å². The minimum absolute atomic E-state index is 0.480. The fraction of sp³-hybridized carbons (Fsp3) is 0.467. The molecular formula is C15H19N5O. The Kier molecular flexibility index (Phi) is 3.94. The minimum atomic E-state index is 0.480. The summed E-state index contributed by atoms with van der Waals surface area (Å²) in [6.45, 7) is 6.58. The van der Waals surface area contributed by atoms with Crippen LogP contribution in [0.3, 0.4) is 0 Å². The second kappa shape index (κ2) is 6.03. The molecule has 0 bridgehead atoms. The maximum Gasteiger partial charge on any atom is 0.232 e. The van der Waals surface area contributed by atoms with Crippen molar-refractivity contribution in [1.29, 1.82) is 0 Å². The van der Waals surface area contributed by atoms with Crippen molar-refractivity contribution >= 4 is 5.82 Å². The number of rotatable bonds is 4. The zero-order valence-corrected chi connectivity index (χ0v) is 12.4. The van der Waals surface area contributed by atoms with Gasteiger partial charge in [0.1, 0.15) is 5.82 Å². The minimum Gasteiger partial charge on any atom is -0.476 e. The monoisotopic (exact) mass is 285 g/mol. The molecular weight excluding hydrogens is 266 g/mol. The molecule has 1 unspecified atom stereocenters. The molecule has 0 saturated carbocycles. The van der Waals surface area contributed by atoms with Crippen LogP contribution >= 0.6 is 0 Å². The van der Waals surface area contributed by atoms with Gasteiger partial charge in [-0.1, -0.05) is 0 Å². The Morgan fingerprint density at radius 3 is 2.95 bits per heavy atom. The summed E-state index contributed by atoms with van der Waals surface area (Å²) < 4.78 is 5.69. The van der Waals surface area contributed by atoms with Crippen molar-refractivity contribution in [3.63, 3.8) is 0 Å². The highest BCUT2D eigenvalue weighted by Gasteiger charge is 2.25. The van der Waals surface area contributed by atoms with Gasteiger partial charge in [0.15, 0.2) is 0 Å². The van der Waals surface area contributed by atoms with Gasteiger partial charge in [0.25, 0.3) is 0 Å². The Morgan fingerprint density at radius 2 is 2.14 bits per heavy atom. The molecule has 1 aliphatic rings. The first-order valence-electron chi connectivity index (χ1n) is 7.16. The van der Waals surface area contributed by atoms with Gasteiger partial charge in [-0.3, -0.25) is 9.97 Å². The van der Waals surface area contributed by atoms with Crippen molar-refractivity contribution in [2.45, 2.75) is 20.3 Å². The highest BCUT2D eigenvalue weighted by Crippen LogP contribution is 2.24. The van der Waals surface area contributed by atoms with Gasteiger partial charge in [-0.15, -0.1) is 0 Å². The standard InChI is InChI=1S/C15H19N5O/c1-11-7-18-12(2)15(19-11)20-6-3-13(9-20)10-21-14-8-16-4-5-17-14/h4-5,7-8,13H,3,6,9-10H2,1-2H3. The van der Waals surface area contributed by atoms with Gasteiger partial charge in [-0.05, 0) is 20.3 Å². The fourth-order valence-corrected chi connectivity index (χ4v) is 2.55. The van der Waals surface area contributed by atoms with Crippen LogP contribution in [0, 0.1) is 19.8 Å². The SMILES string of the molecule is Cc1cnc(C)c(N2CCC(COc3cnccn3)C2)n1. The number of aromatic nitrogens is 4. The lowest BCUT2D eigenvalue weighted by molar-refractivity contribution is 0.251. The summed E-state index contributed by atoms with van der Waals surface area (Å²) in [6.07, 6.45) is 7.83. The third kappa shape index (κ3) is 3.26. The molecule has 21 heavy (non-hydrogen) atoms. The van der Waals surface area contributed by atoms with Crippen molar-refractivity contribution in [3.05, 3.63) is 36.2 Å². The van der Waals surface area contributed by atoms with Crippen LogP contribution in [0.1, 0.15) is 17.8 Å². The Balaban J connectivity index is 1.59. The number of hydrogen-bond donors (Lipinski definition) is 0. The Morgan fingerprint density at radius 1 is 1.24 bits per heavy atom. The van der Waals surface area contributed by atoms with E-state index in [0.29, 0.717) is 18.4 Å². The van der Waals surface area contributed by atoms with Crippen molar-refractivity contribution in [3.8, 4) is 5.88 Å². The topological polar surface area (TPSA) is 64.0 Å². The number of aryl methyl sites for hydroxylation is 2. The summed E-state index contributed by atoms with van der Waals surface area (Å²) in [7, 11) is 0. The van der Waals surface area contributed by atoms with E-state index in [1.807, 2.05) is 20.0 Å². The van der Waals surface area contributed by atoms with E-state index in [2.05, 4.69) is 24.8 Å². The van der Waals surface area contributed by atoms with Gasteiger partial charge in [-0.2, -0.15) is 0 Å². The molecule has 0 radical (unpaired) electrons. The van der Waals surface area contributed by atoms with Crippen LogP contribution in [0.5, 0.6) is 5.88 Å². The molecule has 3 rings (SSSR count). The van der Waals surface area contributed by atoms with E-state index in [9.17, 15) is 0 Å². The first kappa shape index (κ1) is 13.7. The van der Waals surface area contributed by atoms with E-state index in [4.69, 9.17) is 4.74 Å². The Labute approximate surface area is 124 Å². The van der Waals surface area contributed by atoms with Gasteiger partial charge in [-0.25, -0.2) is 9.97 Å². The van der Waals surface area contributed by atoms with Gasteiger partial charge >= 0.3 is 0 Å². The van der Waals surface area contributed by atoms with Crippen LogP contribution in [0.25, 0.3) is 0 Å². The molecule has 6 heteroatoms. The summed E-state index contributed by atoms with van der Waals surface area (Å²) in [5.41, 5.74) is 1.94. The molecule has 0 aromatic carbocycles. The molecule has 1 saturated heterocycles. The molecule has 2 aromatic heterocycles. The van der Waals surface area contributed by atoms with Crippen molar-refractivity contribution in [1.82, 2.24) is 19.9 Å². The van der Waals surface area contributed by atoms with E-state index in [1.54, 1.807) is 18.6 Å². The average molecular weight is 285 g/mol. The van der Waals surface area contributed by atoms with Crippen LogP contribution in [-0.2, 0) is 0 Å². The fourth-order valence-electron chi connectivity index (χ4n) is 2.55. The third-order valence-electron chi connectivity index (χ3n) is 3.64. The van der Waals surface area contributed by atoms with Crippen molar-refractivity contribution < 1.29 is 4.74 Å². The third-order valence-corrected chi connectivity index (χ3v) is 3.64. The highest BCUT2D eigenvalue weighted by molar-refractivity contribution is 5.44.